The Bertz CT molecular complexity index is 166. The average molecular weight is 263 g/mol. The normalized spacial score (nSPS) is 6.64. The number of ether oxygens (including phenoxy) is 1. The Labute approximate surface area is 88.0 Å². The molecule has 0 aliphatic heterocycles. The third kappa shape index (κ3) is 9.86. The van der Waals surface area contributed by atoms with Gasteiger partial charge in [-0.2, -0.15) is 0 Å². The smallest absolute Gasteiger partial charge is 0.424 e. The summed E-state index contributed by atoms with van der Waals surface area (Å²) in [5.41, 5.74) is 0. The first-order valence-corrected chi connectivity index (χ1v) is 1.99. The minimum absolute atomic E-state index is 0. The van der Waals surface area contributed by atoms with Gasteiger partial charge in [0.1, 0.15) is 0 Å². The van der Waals surface area contributed by atoms with E-state index in [1.165, 1.54) is 0 Å². The standard InChI is InChI=1S/C4H4O5.2Zn/c1-2(5)9-4(8)3(6)7;;/h1H3,(H,6,7);;. The molecular formula is C4H4O5Zn2. The second-order valence-electron chi connectivity index (χ2n) is 1.19. The van der Waals surface area contributed by atoms with Crippen molar-refractivity contribution in [1.82, 2.24) is 0 Å². The molecule has 7 heteroatoms. The molecule has 0 spiro atoms. The van der Waals surface area contributed by atoms with Gasteiger partial charge in [0.05, 0.1) is 0 Å². The maximum absolute atomic E-state index is 9.91. The molecule has 54 valence electrons. The molecule has 11 heavy (non-hydrogen) atoms. The van der Waals surface area contributed by atoms with Gasteiger partial charge in [-0.15, -0.1) is 0 Å². The Hall–Kier alpha value is -0.143. The summed E-state index contributed by atoms with van der Waals surface area (Å²) in [6, 6.07) is 0. The van der Waals surface area contributed by atoms with Crippen LogP contribution in [0.3, 0.4) is 0 Å². The van der Waals surface area contributed by atoms with E-state index in [4.69, 9.17) is 5.11 Å². The molecule has 0 aromatic heterocycles. The van der Waals surface area contributed by atoms with Gasteiger partial charge >= 0.3 is 17.9 Å². The summed E-state index contributed by atoms with van der Waals surface area (Å²) in [6.07, 6.45) is 0. The Morgan fingerprint density at radius 1 is 1.18 bits per heavy atom. The van der Waals surface area contributed by atoms with Crippen LogP contribution in [0.4, 0.5) is 0 Å². The SMILES string of the molecule is CC(=O)OC(=O)C(=O)O.[Zn].[Zn]. The number of rotatable bonds is 0. The van der Waals surface area contributed by atoms with Crippen molar-refractivity contribution in [2.75, 3.05) is 0 Å². The molecule has 0 aromatic carbocycles. The number of aliphatic carboxylic acids is 1. The van der Waals surface area contributed by atoms with Gasteiger partial charge in [-0.25, -0.2) is 9.59 Å². The van der Waals surface area contributed by atoms with Crippen LogP contribution in [0.1, 0.15) is 6.92 Å². The second kappa shape index (κ2) is 7.96. The van der Waals surface area contributed by atoms with Crippen molar-refractivity contribution in [3.8, 4) is 0 Å². The van der Waals surface area contributed by atoms with Crippen LogP contribution in [0.5, 0.6) is 0 Å². The number of hydrogen-bond acceptors (Lipinski definition) is 4. The van der Waals surface area contributed by atoms with Crippen LogP contribution in [0.15, 0.2) is 0 Å². The van der Waals surface area contributed by atoms with E-state index in [1.54, 1.807) is 0 Å². The van der Waals surface area contributed by atoms with Gasteiger partial charge in [-0.05, 0) is 0 Å². The molecule has 0 rings (SSSR count). The van der Waals surface area contributed by atoms with E-state index < -0.39 is 17.9 Å². The van der Waals surface area contributed by atoms with Crippen LogP contribution >= 0.6 is 0 Å². The van der Waals surface area contributed by atoms with Gasteiger partial charge in [0, 0.05) is 45.9 Å². The molecule has 0 heterocycles. The third-order valence-electron chi connectivity index (χ3n) is 0.411. The number of carboxylic acids is 1. The topological polar surface area (TPSA) is 80.7 Å². The number of carboxylic acid groups (broad SMARTS) is 1. The Balaban J connectivity index is -0.000000320. The molecule has 0 aliphatic carbocycles. The van der Waals surface area contributed by atoms with Gasteiger partial charge in [0.25, 0.3) is 0 Å². The zero-order valence-electron chi connectivity index (χ0n) is 5.99. The zero-order chi connectivity index (χ0) is 7.44. The van der Waals surface area contributed by atoms with Crippen LogP contribution in [-0.4, -0.2) is 23.0 Å². The fourth-order valence-electron chi connectivity index (χ4n) is 0.174. The van der Waals surface area contributed by atoms with E-state index in [1.807, 2.05) is 0 Å². The summed E-state index contributed by atoms with van der Waals surface area (Å²) in [5.74, 6) is -4.25. The maximum atomic E-state index is 9.91. The molecular weight excluding hydrogens is 259 g/mol. The molecule has 0 atom stereocenters. The summed E-state index contributed by atoms with van der Waals surface area (Å²) < 4.78 is 3.63. The second-order valence-corrected chi connectivity index (χ2v) is 1.19. The molecule has 0 amide bonds. The molecule has 0 aromatic rings. The van der Waals surface area contributed by atoms with Gasteiger partial charge in [0.15, 0.2) is 0 Å². The fraction of sp³-hybridized carbons (Fsp3) is 0.250. The van der Waals surface area contributed by atoms with Crippen LogP contribution < -0.4 is 0 Å². The van der Waals surface area contributed by atoms with Crippen molar-refractivity contribution >= 4 is 17.9 Å². The quantitative estimate of drug-likeness (QED) is 0.266. The summed E-state index contributed by atoms with van der Waals surface area (Å²) in [6.45, 7) is 0.945. The summed E-state index contributed by atoms with van der Waals surface area (Å²) >= 11 is 0. The molecule has 0 radical (unpaired) electrons. The summed E-state index contributed by atoms with van der Waals surface area (Å²) in [4.78, 5) is 29.4. The Morgan fingerprint density at radius 3 is 1.64 bits per heavy atom. The first-order valence-electron chi connectivity index (χ1n) is 1.99. The van der Waals surface area contributed by atoms with E-state index in [-0.39, 0.29) is 39.0 Å². The van der Waals surface area contributed by atoms with Crippen molar-refractivity contribution in [2.24, 2.45) is 0 Å². The van der Waals surface area contributed by atoms with Crippen LogP contribution in [0.25, 0.3) is 0 Å². The minimum atomic E-state index is -1.77. The molecule has 1 N–H and O–H groups in total. The molecule has 0 fully saturated rings. The molecule has 0 aliphatic rings. The van der Waals surface area contributed by atoms with E-state index >= 15 is 0 Å². The average Bonchev–Trinajstić information content (AvgIpc) is 1.63. The van der Waals surface area contributed by atoms with E-state index in [0.717, 1.165) is 6.92 Å². The van der Waals surface area contributed by atoms with E-state index in [2.05, 4.69) is 4.74 Å². The van der Waals surface area contributed by atoms with Gasteiger partial charge in [-0.3, -0.25) is 4.79 Å². The number of carbonyl (C=O) groups is 3. The predicted molar refractivity (Wildman–Crippen MR) is 24.4 cm³/mol. The van der Waals surface area contributed by atoms with Crippen molar-refractivity contribution in [2.45, 2.75) is 6.92 Å². The monoisotopic (exact) mass is 260 g/mol. The molecule has 0 saturated carbocycles. The van der Waals surface area contributed by atoms with Crippen LogP contribution in [0.2, 0.25) is 0 Å². The molecule has 0 unspecified atom stereocenters. The van der Waals surface area contributed by atoms with Crippen molar-refractivity contribution < 1.29 is 63.2 Å². The van der Waals surface area contributed by atoms with E-state index in [0.29, 0.717) is 0 Å². The fourth-order valence-corrected chi connectivity index (χ4v) is 0.174. The minimum Gasteiger partial charge on any atom is -0.473 e. The molecule has 0 saturated heterocycles. The Morgan fingerprint density at radius 2 is 1.55 bits per heavy atom. The van der Waals surface area contributed by atoms with Gasteiger partial charge < -0.3 is 9.84 Å². The van der Waals surface area contributed by atoms with Gasteiger partial charge in [0.2, 0.25) is 0 Å². The van der Waals surface area contributed by atoms with Crippen LogP contribution in [0, 0.1) is 0 Å². The molecule has 0 bridgehead atoms. The van der Waals surface area contributed by atoms with Crippen molar-refractivity contribution in [1.29, 1.82) is 0 Å². The zero-order valence-corrected chi connectivity index (χ0v) is 11.9. The molecule has 5 nitrogen and oxygen atoms in total. The number of carbonyl (C=O) groups excluding carboxylic acids is 2. The largest absolute Gasteiger partial charge is 0.473 e. The third-order valence-corrected chi connectivity index (χ3v) is 0.411. The Kier molecular flexibility index (Phi) is 12.4. The van der Waals surface area contributed by atoms with Crippen LogP contribution in [-0.2, 0) is 58.1 Å². The van der Waals surface area contributed by atoms with Crippen molar-refractivity contribution in [3.63, 3.8) is 0 Å². The first-order chi connectivity index (χ1) is 4.04. The van der Waals surface area contributed by atoms with E-state index in [9.17, 15) is 14.4 Å². The van der Waals surface area contributed by atoms with Gasteiger partial charge in [-0.1, -0.05) is 0 Å². The first kappa shape index (κ1) is 17.1. The summed E-state index contributed by atoms with van der Waals surface area (Å²) in [5, 5.41) is 7.80. The summed E-state index contributed by atoms with van der Waals surface area (Å²) in [7, 11) is 0. The number of hydrogen-bond donors (Lipinski definition) is 1. The predicted octanol–water partition coefficient (Wildman–Crippen LogP) is -0.844. The maximum Gasteiger partial charge on any atom is 0.424 e. The number of esters is 2. The van der Waals surface area contributed by atoms with Crippen molar-refractivity contribution in [3.05, 3.63) is 0 Å².